The van der Waals surface area contributed by atoms with E-state index in [1.807, 2.05) is 30.3 Å². The largest absolute Gasteiger partial charge is 0.493 e. The van der Waals surface area contributed by atoms with Crippen LogP contribution in [0.1, 0.15) is 17.9 Å². The molecule has 1 aliphatic heterocycles. The number of piperidine rings is 1. The highest BCUT2D eigenvalue weighted by Crippen LogP contribution is 2.31. The fraction of sp³-hybridized carbons (Fsp3) is 0.316. The molecule has 24 heavy (non-hydrogen) atoms. The standard InChI is InChI=1S/C19H20FN3O/c20-16-3-1-13(2-4-16)18-7-8-21-10-15(18)12-24-17-5-6-19-14(9-17)11-22-23-19/h1-6,9,11,15,18,21H,7-8,10,12H2,(H,22,23)/t15-,18-/m0/s1. The Morgan fingerprint density at radius 1 is 1.17 bits per heavy atom. The van der Waals surface area contributed by atoms with Crippen molar-refractivity contribution >= 4 is 10.9 Å². The van der Waals surface area contributed by atoms with Crippen LogP contribution in [-0.2, 0) is 0 Å². The first-order chi connectivity index (χ1) is 11.8. The summed E-state index contributed by atoms with van der Waals surface area (Å²) in [6, 6.07) is 12.8. The molecule has 4 nitrogen and oxygen atoms in total. The summed E-state index contributed by atoms with van der Waals surface area (Å²) in [6.45, 7) is 2.54. The number of nitrogens with zero attached hydrogens (tertiary/aromatic N) is 1. The third-order valence-corrected chi connectivity index (χ3v) is 4.78. The second-order valence-corrected chi connectivity index (χ2v) is 6.34. The Bertz CT molecular complexity index is 815. The second kappa shape index (κ2) is 6.61. The first kappa shape index (κ1) is 15.1. The van der Waals surface area contributed by atoms with Crippen molar-refractivity contribution in [1.82, 2.24) is 15.5 Å². The summed E-state index contributed by atoms with van der Waals surface area (Å²) in [6.07, 6.45) is 2.84. The predicted octanol–water partition coefficient (Wildman–Crippen LogP) is 3.47. The van der Waals surface area contributed by atoms with Gasteiger partial charge in [0.1, 0.15) is 11.6 Å². The summed E-state index contributed by atoms with van der Waals surface area (Å²) >= 11 is 0. The van der Waals surface area contributed by atoms with Gasteiger partial charge in [0.15, 0.2) is 0 Å². The zero-order chi connectivity index (χ0) is 16.4. The van der Waals surface area contributed by atoms with E-state index < -0.39 is 0 Å². The number of hydrogen-bond acceptors (Lipinski definition) is 3. The lowest BCUT2D eigenvalue weighted by molar-refractivity contribution is 0.197. The van der Waals surface area contributed by atoms with E-state index in [9.17, 15) is 4.39 Å². The van der Waals surface area contributed by atoms with Gasteiger partial charge in [-0.2, -0.15) is 5.10 Å². The maximum atomic E-state index is 13.2. The Kier molecular flexibility index (Phi) is 4.17. The highest BCUT2D eigenvalue weighted by atomic mass is 19.1. The SMILES string of the molecule is Fc1ccc([C@@H]2CCNC[C@H]2COc2ccc3[nH]ncc3c2)cc1. The van der Waals surface area contributed by atoms with Gasteiger partial charge in [-0.3, -0.25) is 5.10 Å². The molecular weight excluding hydrogens is 305 g/mol. The topological polar surface area (TPSA) is 49.9 Å². The maximum Gasteiger partial charge on any atom is 0.123 e. The van der Waals surface area contributed by atoms with Crippen LogP contribution in [-0.4, -0.2) is 29.9 Å². The van der Waals surface area contributed by atoms with E-state index in [1.54, 1.807) is 18.3 Å². The minimum Gasteiger partial charge on any atom is -0.493 e. The van der Waals surface area contributed by atoms with Crippen molar-refractivity contribution < 1.29 is 9.13 Å². The van der Waals surface area contributed by atoms with Crippen molar-refractivity contribution in [3.05, 3.63) is 60.0 Å². The Labute approximate surface area is 140 Å². The van der Waals surface area contributed by atoms with Gasteiger partial charge in [0, 0.05) is 17.8 Å². The number of rotatable bonds is 4. The first-order valence-corrected chi connectivity index (χ1v) is 8.32. The van der Waals surface area contributed by atoms with Crippen LogP contribution in [0.4, 0.5) is 4.39 Å². The summed E-state index contributed by atoms with van der Waals surface area (Å²) < 4.78 is 19.2. The highest BCUT2D eigenvalue weighted by Gasteiger charge is 2.27. The molecule has 0 unspecified atom stereocenters. The van der Waals surface area contributed by atoms with Crippen molar-refractivity contribution in [3.63, 3.8) is 0 Å². The van der Waals surface area contributed by atoms with Gasteiger partial charge in [-0.15, -0.1) is 0 Å². The molecule has 0 amide bonds. The third-order valence-electron chi connectivity index (χ3n) is 4.78. The number of benzene rings is 2. The quantitative estimate of drug-likeness (QED) is 0.772. The van der Waals surface area contributed by atoms with Crippen molar-refractivity contribution in [2.75, 3.05) is 19.7 Å². The molecule has 0 saturated carbocycles. The van der Waals surface area contributed by atoms with Gasteiger partial charge in [-0.1, -0.05) is 12.1 Å². The number of hydrogen-bond donors (Lipinski definition) is 2. The lowest BCUT2D eigenvalue weighted by atomic mass is 9.81. The van der Waals surface area contributed by atoms with Crippen LogP contribution in [0.5, 0.6) is 5.75 Å². The van der Waals surface area contributed by atoms with Crippen molar-refractivity contribution in [3.8, 4) is 5.75 Å². The van der Waals surface area contributed by atoms with Crippen molar-refractivity contribution in [2.24, 2.45) is 5.92 Å². The Hall–Kier alpha value is -2.40. The van der Waals surface area contributed by atoms with E-state index in [0.717, 1.165) is 36.2 Å². The molecule has 0 radical (unpaired) electrons. The molecule has 0 bridgehead atoms. The zero-order valence-corrected chi connectivity index (χ0v) is 13.3. The van der Waals surface area contributed by atoms with Crippen LogP contribution < -0.4 is 10.1 Å². The molecule has 2 heterocycles. The molecule has 5 heteroatoms. The Balaban J connectivity index is 1.47. The van der Waals surface area contributed by atoms with E-state index in [2.05, 4.69) is 15.5 Å². The highest BCUT2D eigenvalue weighted by molar-refractivity contribution is 5.79. The average molecular weight is 325 g/mol. The smallest absolute Gasteiger partial charge is 0.123 e. The predicted molar refractivity (Wildman–Crippen MR) is 91.7 cm³/mol. The van der Waals surface area contributed by atoms with Gasteiger partial charge >= 0.3 is 0 Å². The fourth-order valence-electron chi connectivity index (χ4n) is 3.46. The van der Waals surface area contributed by atoms with Gasteiger partial charge in [0.25, 0.3) is 0 Å². The Morgan fingerprint density at radius 3 is 2.92 bits per heavy atom. The monoisotopic (exact) mass is 325 g/mol. The molecule has 1 saturated heterocycles. The van der Waals surface area contributed by atoms with Crippen molar-refractivity contribution in [2.45, 2.75) is 12.3 Å². The average Bonchev–Trinajstić information content (AvgIpc) is 3.09. The minimum atomic E-state index is -0.186. The second-order valence-electron chi connectivity index (χ2n) is 6.34. The molecule has 2 N–H and O–H groups in total. The van der Waals surface area contributed by atoms with Gasteiger partial charge < -0.3 is 10.1 Å². The Morgan fingerprint density at radius 2 is 2.04 bits per heavy atom. The van der Waals surface area contributed by atoms with E-state index in [-0.39, 0.29) is 5.82 Å². The molecule has 1 aromatic heterocycles. The molecule has 3 aromatic rings. The lowest BCUT2D eigenvalue weighted by Crippen LogP contribution is -2.38. The number of aromatic nitrogens is 2. The van der Waals surface area contributed by atoms with E-state index in [4.69, 9.17) is 4.74 Å². The summed E-state index contributed by atoms with van der Waals surface area (Å²) in [4.78, 5) is 0. The third kappa shape index (κ3) is 3.12. The number of aromatic amines is 1. The van der Waals surface area contributed by atoms with E-state index >= 15 is 0 Å². The van der Waals surface area contributed by atoms with Crippen LogP contribution in [0, 0.1) is 11.7 Å². The molecule has 1 aliphatic rings. The van der Waals surface area contributed by atoms with Gasteiger partial charge in [-0.25, -0.2) is 4.39 Å². The molecule has 124 valence electrons. The van der Waals surface area contributed by atoms with E-state index in [0.29, 0.717) is 18.4 Å². The van der Waals surface area contributed by atoms with Crippen LogP contribution in [0.2, 0.25) is 0 Å². The summed E-state index contributed by atoms with van der Waals surface area (Å²) in [5.74, 6) is 1.43. The number of halogens is 1. The first-order valence-electron chi connectivity index (χ1n) is 8.32. The summed E-state index contributed by atoms with van der Waals surface area (Å²) in [5.41, 5.74) is 2.20. The minimum absolute atomic E-state index is 0.186. The summed E-state index contributed by atoms with van der Waals surface area (Å²) in [7, 11) is 0. The van der Waals surface area contributed by atoms with Gasteiger partial charge in [0.05, 0.1) is 18.3 Å². The zero-order valence-electron chi connectivity index (χ0n) is 13.3. The van der Waals surface area contributed by atoms with Gasteiger partial charge in [0.2, 0.25) is 0 Å². The number of H-pyrrole nitrogens is 1. The molecular formula is C19H20FN3O. The normalized spacial score (nSPS) is 21.0. The van der Waals surface area contributed by atoms with Crippen LogP contribution in [0.15, 0.2) is 48.7 Å². The molecule has 2 aromatic carbocycles. The summed E-state index contributed by atoms with van der Waals surface area (Å²) in [5, 5.41) is 11.5. The maximum absolute atomic E-state index is 13.2. The number of fused-ring (bicyclic) bond motifs is 1. The molecule has 4 rings (SSSR count). The van der Waals surface area contributed by atoms with E-state index in [1.165, 1.54) is 5.56 Å². The van der Waals surface area contributed by atoms with Crippen LogP contribution in [0.3, 0.4) is 0 Å². The van der Waals surface area contributed by atoms with Crippen LogP contribution in [0.25, 0.3) is 10.9 Å². The molecule has 0 aliphatic carbocycles. The lowest BCUT2D eigenvalue weighted by Gasteiger charge is -2.32. The van der Waals surface area contributed by atoms with Crippen LogP contribution >= 0.6 is 0 Å². The van der Waals surface area contributed by atoms with Gasteiger partial charge in [-0.05, 0) is 54.8 Å². The molecule has 0 spiro atoms. The molecule has 1 fully saturated rings. The molecule has 2 atom stereocenters. The number of ether oxygens (including phenoxy) is 1. The fourth-order valence-corrected chi connectivity index (χ4v) is 3.46. The van der Waals surface area contributed by atoms with Crippen molar-refractivity contribution in [1.29, 1.82) is 0 Å². The number of nitrogens with one attached hydrogen (secondary N) is 2.